The molecule has 1 fully saturated rings. The number of aromatic nitrogens is 1. The minimum Gasteiger partial charge on any atom is -0.361 e. The Balaban J connectivity index is 0.000000720. The first-order valence-electron chi connectivity index (χ1n) is 4.08. The fraction of sp³-hybridized carbons (Fsp3) is 0.625. The number of piperidine rings is 1. The Morgan fingerprint density at radius 2 is 2.50 bits per heavy atom. The summed E-state index contributed by atoms with van der Waals surface area (Å²) < 4.78 is 5.08. The topological polar surface area (TPSA) is 38.1 Å². The normalized spacial score (nSPS) is 23.2. The molecule has 0 bridgehead atoms. The van der Waals surface area contributed by atoms with Crippen LogP contribution in [0.3, 0.4) is 0 Å². The van der Waals surface area contributed by atoms with E-state index in [1.54, 1.807) is 6.20 Å². The minimum atomic E-state index is 0. The molecule has 1 atom stereocenters. The quantitative estimate of drug-likeness (QED) is 0.727. The number of nitrogens with zero attached hydrogens (tertiary/aromatic N) is 1. The van der Waals surface area contributed by atoms with Crippen LogP contribution in [-0.4, -0.2) is 18.2 Å². The van der Waals surface area contributed by atoms with Gasteiger partial charge in [-0.05, 0) is 19.4 Å². The van der Waals surface area contributed by atoms with Gasteiger partial charge in [-0.3, -0.25) is 0 Å². The summed E-state index contributed by atoms with van der Waals surface area (Å²) in [7, 11) is 0. The van der Waals surface area contributed by atoms with E-state index in [-0.39, 0.29) is 12.4 Å². The smallest absolute Gasteiger partial charge is 0.141 e. The molecule has 0 unspecified atom stereocenters. The first-order valence-corrected chi connectivity index (χ1v) is 4.08. The van der Waals surface area contributed by atoms with E-state index in [4.69, 9.17) is 4.52 Å². The fourth-order valence-electron chi connectivity index (χ4n) is 1.53. The van der Waals surface area contributed by atoms with Crippen molar-refractivity contribution in [3.05, 3.63) is 18.0 Å². The first kappa shape index (κ1) is 9.55. The molecule has 0 radical (unpaired) electrons. The molecule has 1 aromatic rings. The zero-order valence-corrected chi connectivity index (χ0v) is 7.64. The molecular formula is C8H13ClN2O. The molecule has 0 spiro atoms. The van der Waals surface area contributed by atoms with Crippen molar-refractivity contribution in [3.8, 4) is 0 Å². The molecule has 1 aliphatic rings. The largest absolute Gasteiger partial charge is 0.361 e. The third kappa shape index (κ3) is 1.99. The summed E-state index contributed by atoms with van der Waals surface area (Å²) in [4.78, 5) is 0. The van der Waals surface area contributed by atoms with E-state index in [9.17, 15) is 0 Å². The Kier molecular flexibility index (Phi) is 3.56. The molecule has 1 N–H and O–H groups in total. The van der Waals surface area contributed by atoms with Gasteiger partial charge in [0.15, 0.2) is 0 Å². The zero-order valence-electron chi connectivity index (χ0n) is 6.82. The third-order valence-corrected chi connectivity index (χ3v) is 2.16. The Labute approximate surface area is 77.9 Å². The van der Waals surface area contributed by atoms with Crippen molar-refractivity contribution >= 4 is 12.4 Å². The molecule has 3 nitrogen and oxygen atoms in total. The van der Waals surface area contributed by atoms with Gasteiger partial charge in [-0.15, -0.1) is 12.4 Å². The van der Waals surface area contributed by atoms with E-state index < -0.39 is 0 Å². The van der Waals surface area contributed by atoms with Crippen LogP contribution in [0.5, 0.6) is 0 Å². The molecule has 0 saturated carbocycles. The van der Waals surface area contributed by atoms with Crippen molar-refractivity contribution < 1.29 is 4.52 Å². The van der Waals surface area contributed by atoms with Crippen molar-refractivity contribution in [2.24, 2.45) is 0 Å². The van der Waals surface area contributed by atoms with Crippen molar-refractivity contribution in [2.45, 2.75) is 18.8 Å². The maximum atomic E-state index is 5.08. The van der Waals surface area contributed by atoms with Crippen LogP contribution >= 0.6 is 12.4 Å². The SMILES string of the molecule is Cl.c1cc([C@H]2CCCNC2)on1. The van der Waals surface area contributed by atoms with E-state index in [1.165, 1.54) is 12.8 Å². The van der Waals surface area contributed by atoms with E-state index in [2.05, 4.69) is 10.5 Å². The highest BCUT2D eigenvalue weighted by molar-refractivity contribution is 5.85. The summed E-state index contributed by atoms with van der Waals surface area (Å²) in [5.41, 5.74) is 0. The molecule has 4 heteroatoms. The molecule has 2 rings (SSSR count). The van der Waals surface area contributed by atoms with Crippen molar-refractivity contribution in [1.29, 1.82) is 0 Å². The highest BCUT2D eigenvalue weighted by Crippen LogP contribution is 2.21. The van der Waals surface area contributed by atoms with Crippen molar-refractivity contribution in [1.82, 2.24) is 10.5 Å². The van der Waals surface area contributed by atoms with Crippen molar-refractivity contribution in [2.75, 3.05) is 13.1 Å². The van der Waals surface area contributed by atoms with Crippen LogP contribution in [0.15, 0.2) is 16.8 Å². The van der Waals surface area contributed by atoms with E-state index in [0.29, 0.717) is 5.92 Å². The van der Waals surface area contributed by atoms with Gasteiger partial charge in [-0.25, -0.2) is 0 Å². The number of rotatable bonds is 1. The average molecular weight is 189 g/mol. The molecule has 1 aliphatic heterocycles. The van der Waals surface area contributed by atoms with Gasteiger partial charge < -0.3 is 9.84 Å². The molecule has 1 aromatic heterocycles. The maximum absolute atomic E-state index is 5.08. The van der Waals surface area contributed by atoms with Gasteiger partial charge in [-0.1, -0.05) is 5.16 Å². The lowest BCUT2D eigenvalue weighted by Crippen LogP contribution is -2.28. The molecule has 2 heterocycles. The molecule has 0 aromatic carbocycles. The highest BCUT2D eigenvalue weighted by Gasteiger charge is 2.17. The second-order valence-corrected chi connectivity index (χ2v) is 2.96. The molecule has 1 saturated heterocycles. The summed E-state index contributed by atoms with van der Waals surface area (Å²) in [5, 5.41) is 7.03. The maximum Gasteiger partial charge on any atom is 0.141 e. The number of halogens is 1. The molecule has 0 amide bonds. The van der Waals surface area contributed by atoms with Crippen LogP contribution in [0, 0.1) is 0 Å². The number of nitrogens with one attached hydrogen (secondary N) is 1. The molecule has 0 aliphatic carbocycles. The zero-order chi connectivity index (χ0) is 7.52. The van der Waals surface area contributed by atoms with Gasteiger partial charge in [-0.2, -0.15) is 0 Å². The predicted molar refractivity (Wildman–Crippen MR) is 48.6 cm³/mol. The molecule has 12 heavy (non-hydrogen) atoms. The summed E-state index contributed by atoms with van der Waals surface area (Å²) in [5.74, 6) is 1.57. The fourth-order valence-corrected chi connectivity index (χ4v) is 1.53. The lowest BCUT2D eigenvalue weighted by atomic mass is 9.97. The van der Waals surface area contributed by atoms with E-state index >= 15 is 0 Å². The first-order chi connectivity index (χ1) is 5.47. The van der Waals surface area contributed by atoms with Crippen molar-refractivity contribution in [3.63, 3.8) is 0 Å². The lowest BCUT2D eigenvalue weighted by Gasteiger charge is -2.19. The Bertz CT molecular complexity index is 207. The standard InChI is InChI=1S/C8H12N2O.ClH/c1-2-7(6-9-4-1)8-3-5-10-11-8;/h3,5,7,9H,1-2,4,6H2;1H/t7-;/m0./s1. The monoisotopic (exact) mass is 188 g/mol. The van der Waals surface area contributed by atoms with Crippen LogP contribution in [0.1, 0.15) is 24.5 Å². The summed E-state index contributed by atoms with van der Waals surface area (Å²) in [6, 6.07) is 1.96. The lowest BCUT2D eigenvalue weighted by molar-refractivity contribution is 0.329. The predicted octanol–water partition coefficient (Wildman–Crippen LogP) is 1.56. The Morgan fingerprint density at radius 1 is 1.58 bits per heavy atom. The summed E-state index contributed by atoms with van der Waals surface area (Å²) in [6.07, 6.45) is 4.18. The van der Waals surface area contributed by atoms with Gasteiger partial charge in [0.25, 0.3) is 0 Å². The minimum absolute atomic E-state index is 0. The number of hydrogen-bond acceptors (Lipinski definition) is 3. The van der Waals surface area contributed by atoms with Crippen LogP contribution < -0.4 is 5.32 Å². The van der Waals surface area contributed by atoms with Crippen LogP contribution in [0.2, 0.25) is 0 Å². The summed E-state index contributed by atoms with van der Waals surface area (Å²) >= 11 is 0. The number of hydrogen-bond donors (Lipinski definition) is 1. The van der Waals surface area contributed by atoms with Gasteiger partial charge in [0.2, 0.25) is 0 Å². The van der Waals surface area contributed by atoms with E-state index in [0.717, 1.165) is 18.8 Å². The second kappa shape index (κ2) is 4.48. The highest BCUT2D eigenvalue weighted by atomic mass is 35.5. The van der Waals surface area contributed by atoms with Gasteiger partial charge in [0.05, 0.1) is 6.20 Å². The molecule has 68 valence electrons. The Morgan fingerprint density at radius 3 is 3.08 bits per heavy atom. The van der Waals surface area contributed by atoms with Crippen LogP contribution in [-0.2, 0) is 0 Å². The van der Waals surface area contributed by atoms with E-state index in [1.807, 2.05) is 6.07 Å². The van der Waals surface area contributed by atoms with Crippen LogP contribution in [0.25, 0.3) is 0 Å². The van der Waals surface area contributed by atoms with Gasteiger partial charge in [0.1, 0.15) is 5.76 Å². The van der Waals surface area contributed by atoms with Crippen LogP contribution in [0.4, 0.5) is 0 Å². The average Bonchev–Trinajstić information content (AvgIpc) is 2.58. The van der Waals surface area contributed by atoms with Gasteiger partial charge in [0, 0.05) is 18.5 Å². The van der Waals surface area contributed by atoms with Gasteiger partial charge >= 0.3 is 0 Å². The summed E-state index contributed by atoms with van der Waals surface area (Å²) in [6.45, 7) is 2.18. The second-order valence-electron chi connectivity index (χ2n) is 2.96. The third-order valence-electron chi connectivity index (χ3n) is 2.16. The molecular weight excluding hydrogens is 176 g/mol. The Hall–Kier alpha value is -0.540.